The van der Waals surface area contributed by atoms with Crippen molar-refractivity contribution in [2.24, 2.45) is 0 Å². The van der Waals surface area contributed by atoms with Crippen LogP contribution in [0.1, 0.15) is 29.8 Å². The highest BCUT2D eigenvalue weighted by Gasteiger charge is 2.43. The van der Waals surface area contributed by atoms with Crippen molar-refractivity contribution in [2.75, 3.05) is 19.6 Å². The molecule has 0 spiro atoms. The number of H-pyrrole nitrogens is 1. The van der Waals surface area contributed by atoms with Gasteiger partial charge in [0.15, 0.2) is 0 Å². The number of ether oxygens (including phenoxy) is 1. The van der Waals surface area contributed by atoms with Gasteiger partial charge >= 0.3 is 0 Å². The molecule has 2 aliphatic heterocycles. The van der Waals surface area contributed by atoms with Crippen LogP contribution in [0.3, 0.4) is 0 Å². The average molecular weight is 355 g/mol. The third kappa shape index (κ3) is 3.26. The number of amides is 2. The van der Waals surface area contributed by atoms with Crippen molar-refractivity contribution in [1.29, 1.82) is 0 Å². The van der Waals surface area contributed by atoms with Gasteiger partial charge in [0.1, 0.15) is 23.6 Å². The Morgan fingerprint density at radius 1 is 1.19 bits per heavy atom. The molecule has 26 heavy (non-hydrogen) atoms. The van der Waals surface area contributed by atoms with E-state index in [9.17, 15) is 9.59 Å². The number of aromatic amines is 1. The van der Waals surface area contributed by atoms with E-state index in [4.69, 9.17) is 4.74 Å². The van der Waals surface area contributed by atoms with Crippen molar-refractivity contribution in [1.82, 2.24) is 25.0 Å². The van der Waals surface area contributed by atoms with Crippen LogP contribution >= 0.6 is 0 Å². The molecule has 0 aliphatic carbocycles. The Balaban J connectivity index is 1.54. The standard InChI is InChI=1S/C18H21N5O3/c24-17(15-5-7-20-21-15)23-12-14(26-13-4-3-6-19-11-13)10-16(23)18(25)22-8-1-2-9-22/h3-7,11,14,16H,1-2,8-10,12H2,(H,20,21)/t14-,16-/m0/s1. The number of pyridine rings is 1. The van der Waals surface area contributed by atoms with Crippen LogP contribution in [-0.4, -0.2) is 68.6 Å². The summed E-state index contributed by atoms with van der Waals surface area (Å²) in [4.78, 5) is 33.3. The summed E-state index contributed by atoms with van der Waals surface area (Å²) in [6.07, 6.45) is 7.11. The summed E-state index contributed by atoms with van der Waals surface area (Å²) in [7, 11) is 0. The zero-order chi connectivity index (χ0) is 17.9. The predicted molar refractivity (Wildman–Crippen MR) is 92.5 cm³/mol. The van der Waals surface area contributed by atoms with E-state index in [-0.39, 0.29) is 17.9 Å². The minimum atomic E-state index is -0.509. The van der Waals surface area contributed by atoms with Gasteiger partial charge in [0, 0.05) is 31.9 Å². The van der Waals surface area contributed by atoms with Gasteiger partial charge in [-0.3, -0.25) is 19.7 Å². The van der Waals surface area contributed by atoms with Crippen LogP contribution in [0.4, 0.5) is 0 Å². The molecule has 0 bridgehead atoms. The fourth-order valence-electron chi connectivity index (χ4n) is 3.63. The van der Waals surface area contributed by atoms with E-state index in [1.807, 2.05) is 11.0 Å². The third-order valence-corrected chi connectivity index (χ3v) is 4.89. The number of likely N-dealkylation sites (tertiary alicyclic amines) is 2. The van der Waals surface area contributed by atoms with Crippen molar-refractivity contribution in [3.8, 4) is 5.75 Å². The smallest absolute Gasteiger partial charge is 0.272 e. The minimum Gasteiger partial charge on any atom is -0.487 e. The van der Waals surface area contributed by atoms with Crippen LogP contribution in [0, 0.1) is 0 Å². The van der Waals surface area contributed by atoms with E-state index < -0.39 is 6.04 Å². The van der Waals surface area contributed by atoms with Crippen molar-refractivity contribution in [2.45, 2.75) is 31.4 Å². The molecule has 2 fully saturated rings. The summed E-state index contributed by atoms with van der Waals surface area (Å²) in [5.74, 6) is 0.422. The maximum atomic E-state index is 13.0. The molecule has 2 aromatic rings. The van der Waals surface area contributed by atoms with Gasteiger partial charge in [0.05, 0.1) is 12.7 Å². The number of nitrogens with zero attached hydrogens (tertiary/aromatic N) is 4. The van der Waals surface area contributed by atoms with Gasteiger partial charge in [-0.1, -0.05) is 0 Å². The quantitative estimate of drug-likeness (QED) is 0.886. The maximum absolute atomic E-state index is 13.0. The normalized spacial score (nSPS) is 22.6. The fraction of sp³-hybridized carbons (Fsp3) is 0.444. The largest absolute Gasteiger partial charge is 0.487 e. The topological polar surface area (TPSA) is 91.4 Å². The van der Waals surface area contributed by atoms with Crippen molar-refractivity contribution < 1.29 is 14.3 Å². The lowest BCUT2D eigenvalue weighted by atomic mass is 10.1. The molecule has 4 rings (SSSR count). The van der Waals surface area contributed by atoms with E-state index in [2.05, 4.69) is 15.2 Å². The summed E-state index contributed by atoms with van der Waals surface area (Å²) < 4.78 is 5.96. The first kappa shape index (κ1) is 16.6. The second-order valence-corrected chi connectivity index (χ2v) is 6.64. The lowest BCUT2D eigenvalue weighted by Crippen LogP contribution is -2.47. The molecule has 1 N–H and O–H groups in total. The molecule has 8 nitrogen and oxygen atoms in total. The second kappa shape index (κ2) is 7.15. The Morgan fingerprint density at radius 2 is 2.04 bits per heavy atom. The molecule has 4 heterocycles. The molecule has 136 valence electrons. The summed E-state index contributed by atoms with van der Waals surface area (Å²) in [6, 6.07) is 4.73. The fourth-order valence-corrected chi connectivity index (χ4v) is 3.63. The Labute approximate surface area is 151 Å². The van der Waals surface area contributed by atoms with Crippen LogP contribution in [0.5, 0.6) is 5.75 Å². The van der Waals surface area contributed by atoms with Crippen LogP contribution in [0.2, 0.25) is 0 Å². The Bertz CT molecular complexity index is 758. The Hall–Kier alpha value is -2.90. The van der Waals surface area contributed by atoms with Crippen LogP contribution in [0.25, 0.3) is 0 Å². The van der Waals surface area contributed by atoms with Crippen LogP contribution in [-0.2, 0) is 4.79 Å². The van der Waals surface area contributed by atoms with Gasteiger partial charge in [-0.2, -0.15) is 5.10 Å². The predicted octanol–water partition coefficient (Wildman–Crippen LogP) is 1.09. The van der Waals surface area contributed by atoms with Gasteiger partial charge in [-0.05, 0) is 31.0 Å². The number of carbonyl (C=O) groups excluding carboxylic acids is 2. The molecule has 8 heteroatoms. The van der Waals surface area contributed by atoms with Gasteiger partial charge in [0.2, 0.25) is 5.91 Å². The highest BCUT2D eigenvalue weighted by molar-refractivity contribution is 5.96. The molecular formula is C18H21N5O3. The van der Waals surface area contributed by atoms with E-state index >= 15 is 0 Å². The molecule has 0 unspecified atom stereocenters. The molecule has 2 amide bonds. The molecule has 2 aromatic heterocycles. The number of nitrogens with one attached hydrogen (secondary N) is 1. The number of aromatic nitrogens is 3. The minimum absolute atomic E-state index is 0.00709. The van der Waals surface area contributed by atoms with Crippen molar-refractivity contribution in [3.63, 3.8) is 0 Å². The van der Waals surface area contributed by atoms with Crippen molar-refractivity contribution >= 4 is 11.8 Å². The van der Waals surface area contributed by atoms with Gasteiger partial charge < -0.3 is 14.5 Å². The summed E-state index contributed by atoms with van der Waals surface area (Å²) >= 11 is 0. The number of hydrogen-bond acceptors (Lipinski definition) is 5. The Kier molecular flexibility index (Phi) is 4.55. The summed E-state index contributed by atoms with van der Waals surface area (Å²) in [5, 5.41) is 6.53. The molecule has 0 radical (unpaired) electrons. The van der Waals surface area contributed by atoms with Crippen LogP contribution in [0.15, 0.2) is 36.8 Å². The lowest BCUT2D eigenvalue weighted by Gasteiger charge is -2.26. The number of carbonyl (C=O) groups is 2. The van der Waals surface area contributed by atoms with Gasteiger partial charge in [-0.15, -0.1) is 0 Å². The van der Waals surface area contributed by atoms with E-state index in [0.717, 1.165) is 25.9 Å². The summed E-state index contributed by atoms with van der Waals surface area (Å²) in [6.45, 7) is 1.88. The monoisotopic (exact) mass is 355 g/mol. The second-order valence-electron chi connectivity index (χ2n) is 6.64. The molecule has 0 saturated carbocycles. The Morgan fingerprint density at radius 3 is 2.73 bits per heavy atom. The van der Waals surface area contributed by atoms with Gasteiger partial charge in [0.25, 0.3) is 5.91 Å². The van der Waals surface area contributed by atoms with E-state index in [1.165, 1.54) is 6.20 Å². The zero-order valence-electron chi connectivity index (χ0n) is 14.4. The van der Waals surface area contributed by atoms with Gasteiger partial charge in [-0.25, -0.2) is 0 Å². The highest BCUT2D eigenvalue weighted by atomic mass is 16.5. The number of rotatable bonds is 4. The summed E-state index contributed by atoms with van der Waals surface area (Å²) in [5.41, 5.74) is 0.381. The molecule has 2 saturated heterocycles. The van der Waals surface area contributed by atoms with E-state index in [0.29, 0.717) is 24.4 Å². The van der Waals surface area contributed by atoms with Crippen molar-refractivity contribution in [3.05, 3.63) is 42.5 Å². The molecule has 2 aliphatic rings. The first-order chi connectivity index (χ1) is 12.7. The molecular weight excluding hydrogens is 334 g/mol. The van der Waals surface area contributed by atoms with Crippen LogP contribution < -0.4 is 4.74 Å². The third-order valence-electron chi connectivity index (χ3n) is 4.89. The molecule has 2 atom stereocenters. The lowest BCUT2D eigenvalue weighted by molar-refractivity contribution is -0.134. The zero-order valence-corrected chi connectivity index (χ0v) is 14.4. The number of hydrogen-bond donors (Lipinski definition) is 1. The van der Waals surface area contributed by atoms with E-state index in [1.54, 1.807) is 29.4 Å². The SMILES string of the molecule is O=C([C@@H]1C[C@H](Oc2cccnc2)CN1C(=O)c1ccn[nH]1)N1CCCC1. The molecule has 0 aromatic carbocycles. The first-order valence-corrected chi connectivity index (χ1v) is 8.88. The maximum Gasteiger partial charge on any atom is 0.272 e. The average Bonchev–Trinajstić information content (AvgIpc) is 3.42. The highest BCUT2D eigenvalue weighted by Crippen LogP contribution is 2.26. The first-order valence-electron chi connectivity index (χ1n) is 8.88.